The van der Waals surface area contributed by atoms with Crippen molar-refractivity contribution >= 4 is 21.8 Å². The number of oxime groups is 1. The van der Waals surface area contributed by atoms with Crippen LogP contribution in [0.25, 0.3) is 0 Å². The molecule has 0 saturated heterocycles. The van der Waals surface area contributed by atoms with Crippen LogP contribution in [0.5, 0.6) is 11.5 Å². The van der Waals surface area contributed by atoms with Gasteiger partial charge in [0, 0.05) is 4.47 Å². The molecule has 0 amide bonds. The van der Waals surface area contributed by atoms with E-state index in [9.17, 15) is 0 Å². The van der Waals surface area contributed by atoms with Gasteiger partial charge in [0.1, 0.15) is 18.1 Å². The van der Waals surface area contributed by atoms with Crippen LogP contribution in [0.4, 0.5) is 0 Å². The van der Waals surface area contributed by atoms with Crippen molar-refractivity contribution in [3.8, 4) is 11.5 Å². The van der Waals surface area contributed by atoms with Crippen LogP contribution < -0.4 is 15.2 Å². The molecule has 0 aliphatic rings. The molecule has 3 N–H and O–H groups in total. The summed E-state index contributed by atoms with van der Waals surface area (Å²) in [6, 6.07) is 12.9. The highest BCUT2D eigenvalue weighted by molar-refractivity contribution is 9.10. The van der Waals surface area contributed by atoms with Crippen molar-refractivity contribution in [1.82, 2.24) is 0 Å². The molecule has 0 bridgehead atoms. The molecular formula is C15H15BrN2O3. The molecule has 0 saturated carbocycles. The van der Waals surface area contributed by atoms with Crippen LogP contribution in [-0.4, -0.2) is 18.2 Å². The van der Waals surface area contributed by atoms with Gasteiger partial charge in [0.2, 0.25) is 0 Å². The molecule has 110 valence electrons. The molecule has 0 fully saturated rings. The largest absolute Gasteiger partial charge is 0.497 e. The van der Waals surface area contributed by atoms with E-state index in [1.54, 1.807) is 25.3 Å². The highest BCUT2D eigenvalue weighted by atomic mass is 79.9. The molecule has 0 spiro atoms. The number of methoxy groups -OCH3 is 1. The summed E-state index contributed by atoms with van der Waals surface area (Å²) in [6.07, 6.45) is 0. The minimum Gasteiger partial charge on any atom is -0.497 e. The van der Waals surface area contributed by atoms with Crippen LogP contribution in [0.15, 0.2) is 52.1 Å². The van der Waals surface area contributed by atoms with Gasteiger partial charge in [-0.15, -0.1) is 0 Å². The second-order valence-corrected chi connectivity index (χ2v) is 5.18. The first-order valence-corrected chi connectivity index (χ1v) is 6.96. The van der Waals surface area contributed by atoms with E-state index < -0.39 is 0 Å². The summed E-state index contributed by atoms with van der Waals surface area (Å²) in [5, 5.41) is 11.8. The van der Waals surface area contributed by atoms with Gasteiger partial charge in [-0.05, 0) is 35.9 Å². The summed E-state index contributed by atoms with van der Waals surface area (Å²) in [4.78, 5) is 0. The van der Waals surface area contributed by atoms with E-state index in [-0.39, 0.29) is 5.84 Å². The van der Waals surface area contributed by atoms with Crippen molar-refractivity contribution in [2.75, 3.05) is 7.11 Å². The number of ether oxygens (including phenoxy) is 2. The summed E-state index contributed by atoms with van der Waals surface area (Å²) in [7, 11) is 1.62. The highest BCUT2D eigenvalue weighted by Crippen LogP contribution is 2.25. The number of nitrogens with two attached hydrogens (primary N) is 1. The third-order valence-corrected chi connectivity index (χ3v) is 3.35. The van der Waals surface area contributed by atoms with Gasteiger partial charge in [-0.1, -0.05) is 33.2 Å². The highest BCUT2D eigenvalue weighted by Gasteiger charge is 2.09. The maximum Gasteiger partial charge on any atom is 0.173 e. The average Bonchev–Trinajstić information content (AvgIpc) is 2.52. The van der Waals surface area contributed by atoms with E-state index in [0.717, 1.165) is 15.8 Å². The van der Waals surface area contributed by atoms with Crippen molar-refractivity contribution < 1.29 is 14.7 Å². The first kappa shape index (κ1) is 15.2. The third kappa shape index (κ3) is 3.88. The van der Waals surface area contributed by atoms with Gasteiger partial charge in [0.05, 0.1) is 12.7 Å². The lowest BCUT2D eigenvalue weighted by molar-refractivity contribution is 0.302. The topological polar surface area (TPSA) is 77.1 Å². The van der Waals surface area contributed by atoms with Crippen LogP contribution in [0.2, 0.25) is 0 Å². The minimum atomic E-state index is 0.00291. The zero-order valence-electron chi connectivity index (χ0n) is 11.4. The van der Waals surface area contributed by atoms with E-state index in [4.69, 9.17) is 20.4 Å². The van der Waals surface area contributed by atoms with Gasteiger partial charge in [0.25, 0.3) is 0 Å². The maximum atomic E-state index is 8.81. The van der Waals surface area contributed by atoms with Gasteiger partial charge in [0.15, 0.2) is 5.84 Å². The number of nitrogens with zero attached hydrogens (tertiary/aromatic N) is 1. The lowest BCUT2D eigenvalue weighted by Gasteiger charge is -2.12. The Morgan fingerprint density at radius 2 is 2.10 bits per heavy atom. The van der Waals surface area contributed by atoms with Gasteiger partial charge >= 0.3 is 0 Å². The molecule has 2 rings (SSSR count). The molecule has 21 heavy (non-hydrogen) atoms. The smallest absolute Gasteiger partial charge is 0.173 e. The van der Waals surface area contributed by atoms with E-state index in [1.165, 1.54) is 0 Å². The van der Waals surface area contributed by atoms with Crippen LogP contribution in [0.3, 0.4) is 0 Å². The zero-order valence-corrected chi connectivity index (χ0v) is 13.0. The van der Waals surface area contributed by atoms with Crippen LogP contribution in [-0.2, 0) is 6.61 Å². The maximum absolute atomic E-state index is 8.81. The fourth-order valence-electron chi connectivity index (χ4n) is 1.80. The molecule has 0 heterocycles. The van der Waals surface area contributed by atoms with Gasteiger partial charge in [-0.3, -0.25) is 0 Å². The Hall–Kier alpha value is -2.21. The van der Waals surface area contributed by atoms with Crippen molar-refractivity contribution in [3.05, 3.63) is 58.1 Å². The Bertz CT molecular complexity index is 659. The SMILES string of the molecule is COc1cccc(COc2cc(Br)ccc2/C(N)=N/O)c1. The van der Waals surface area contributed by atoms with Gasteiger partial charge in [-0.25, -0.2) is 0 Å². The Morgan fingerprint density at radius 3 is 2.81 bits per heavy atom. The monoisotopic (exact) mass is 350 g/mol. The number of rotatable bonds is 5. The molecule has 2 aromatic rings. The fraction of sp³-hybridized carbons (Fsp3) is 0.133. The van der Waals surface area contributed by atoms with Crippen LogP contribution in [0.1, 0.15) is 11.1 Å². The number of halogens is 1. The Balaban J connectivity index is 2.20. The predicted octanol–water partition coefficient (Wildman–Crippen LogP) is 3.13. The van der Waals surface area contributed by atoms with E-state index in [0.29, 0.717) is 17.9 Å². The first-order valence-electron chi connectivity index (χ1n) is 6.17. The number of hydrogen-bond donors (Lipinski definition) is 2. The van der Waals surface area contributed by atoms with Crippen molar-refractivity contribution in [1.29, 1.82) is 0 Å². The first-order chi connectivity index (χ1) is 10.1. The number of benzene rings is 2. The minimum absolute atomic E-state index is 0.00291. The van der Waals surface area contributed by atoms with Crippen molar-refractivity contribution in [3.63, 3.8) is 0 Å². The third-order valence-electron chi connectivity index (χ3n) is 2.86. The lowest BCUT2D eigenvalue weighted by Crippen LogP contribution is -2.14. The lowest BCUT2D eigenvalue weighted by atomic mass is 10.2. The van der Waals surface area contributed by atoms with Crippen molar-refractivity contribution in [2.45, 2.75) is 6.61 Å². The summed E-state index contributed by atoms with van der Waals surface area (Å²) in [5.41, 5.74) is 7.13. The second kappa shape index (κ2) is 6.99. The summed E-state index contributed by atoms with van der Waals surface area (Å²) < 4.78 is 11.8. The molecular weight excluding hydrogens is 336 g/mol. The zero-order chi connectivity index (χ0) is 15.2. The second-order valence-electron chi connectivity index (χ2n) is 4.27. The van der Waals surface area contributed by atoms with E-state index >= 15 is 0 Å². The van der Waals surface area contributed by atoms with E-state index in [2.05, 4.69) is 21.1 Å². The molecule has 0 atom stereocenters. The Labute approximate surface area is 131 Å². The predicted molar refractivity (Wildman–Crippen MR) is 84.0 cm³/mol. The standard InChI is InChI=1S/C15H15BrN2O3/c1-20-12-4-2-3-10(7-12)9-21-14-8-11(16)5-6-13(14)15(17)18-19/h2-8,19H,9H2,1H3,(H2,17,18). The fourth-order valence-corrected chi connectivity index (χ4v) is 2.14. The average molecular weight is 351 g/mol. The molecule has 5 nitrogen and oxygen atoms in total. The normalized spacial score (nSPS) is 11.2. The van der Waals surface area contributed by atoms with Gasteiger partial charge < -0.3 is 20.4 Å². The van der Waals surface area contributed by atoms with E-state index in [1.807, 2.05) is 24.3 Å². The molecule has 0 aliphatic heterocycles. The molecule has 0 unspecified atom stereocenters. The Kier molecular flexibility index (Phi) is 5.05. The van der Waals surface area contributed by atoms with Crippen LogP contribution >= 0.6 is 15.9 Å². The number of amidine groups is 1. The van der Waals surface area contributed by atoms with Crippen molar-refractivity contribution in [2.24, 2.45) is 10.9 Å². The summed E-state index contributed by atoms with van der Waals surface area (Å²) in [5.74, 6) is 1.30. The number of hydrogen-bond acceptors (Lipinski definition) is 4. The van der Waals surface area contributed by atoms with Gasteiger partial charge in [-0.2, -0.15) is 0 Å². The molecule has 2 aromatic carbocycles. The molecule has 0 aliphatic carbocycles. The molecule has 6 heteroatoms. The summed E-state index contributed by atoms with van der Waals surface area (Å²) >= 11 is 3.37. The quantitative estimate of drug-likeness (QED) is 0.376. The molecule has 0 radical (unpaired) electrons. The summed E-state index contributed by atoms with van der Waals surface area (Å²) in [6.45, 7) is 0.347. The molecule has 0 aromatic heterocycles. The Morgan fingerprint density at radius 1 is 1.29 bits per heavy atom. The van der Waals surface area contributed by atoms with Crippen LogP contribution in [0, 0.1) is 0 Å².